The van der Waals surface area contributed by atoms with Crippen molar-refractivity contribution in [1.82, 2.24) is 0 Å². The minimum atomic E-state index is 0.126. The molecular weight excluding hydrogens is 310 g/mol. The molecule has 0 saturated heterocycles. The van der Waals surface area contributed by atoms with Crippen LogP contribution in [-0.2, 0) is 6.54 Å². The molecule has 0 spiro atoms. The van der Waals surface area contributed by atoms with E-state index >= 15 is 0 Å². The summed E-state index contributed by atoms with van der Waals surface area (Å²) < 4.78 is 1.67. The highest BCUT2D eigenvalue weighted by atomic mass is 79.9. The van der Waals surface area contributed by atoms with Crippen LogP contribution in [0.3, 0.4) is 0 Å². The summed E-state index contributed by atoms with van der Waals surface area (Å²) in [4.78, 5) is 11.5. The minimum absolute atomic E-state index is 0.126. The van der Waals surface area contributed by atoms with E-state index in [9.17, 15) is 4.79 Å². The number of benzene rings is 1. The van der Waals surface area contributed by atoms with Crippen molar-refractivity contribution >= 4 is 37.6 Å². The Balaban J connectivity index is 3.24. The third-order valence-corrected chi connectivity index (χ3v) is 4.27. The molecule has 0 fully saturated rings. The molecule has 0 amide bonds. The molecule has 14 heavy (non-hydrogen) atoms. The van der Waals surface area contributed by atoms with Crippen molar-refractivity contribution in [1.29, 1.82) is 0 Å². The number of rotatable bonds is 3. The van der Waals surface area contributed by atoms with Gasteiger partial charge in [-0.1, -0.05) is 13.0 Å². The standard InChI is InChI=1S/C10H11Br2NO/c1-2-8(14)7-4-3-6(5-13)9(11)10(7)12/h3-4H,2,5,13H2,1H3. The Kier molecular flexibility index (Phi) is 4.29. The van der Waals surface area contributed by atoms with Gasteiger partial charge in [0.15, 0.2) is 5.78 Å². The molecule has 4 heteroatoms. The number of Topliss-reactive ketones (excluding diaryl/α,β-unsaturated/α-hetero) is 1. The SMILES string of the molecule is CCC(=O)c1ccc(CN)c(Br)c1Br. The lowest BCUT2D eigenvalue weighted by Crippen LogP contribution is -2.03. The quantitative estimate of drug-likeness (QED) is 0.869. The fourth-order valence-electron chi connectivity index (χ4n) is 1.15. The lowest BCUT2D eigenvalue weighted by molar-refractivity contribution is 0.0987. The number of nitrogens with two attached hydrogens (primary N) is 1. The molecule has 0 saturated carbocycles. The first-order chi connectivity index (χ1) is 6.61. The van der Waals surface area contributed by atoms with E-state index in [0.717, 1.165) is 14.5 Å². The first-order valence-electron chi connectivity index (χ1n) is 4.32. The Morgan fingerprint density at radius 3 is 2.50 bits per heavy atom. The molecule has 1 aromatic carbocycles. The van der Waals surface area contributed by atoms with Gasteiger partial charge in [0.25, 0.3) is 0 Å². The topological polar surface area (TPSA) is 43.1 Å². The number of halogens is 2. The molecule has 0 unspecified atom stereocenters. The predicted octanol–water partition coefficient (Wildman–Crippen LogP) is 3.26. The van der Waals surface area contributed by atoms with Gasteiger partial charge in [-0.15, -0.1) is 0 Å². The van der Waals surface area contributed by atoms with E-state index in [-0.39, 0.29) is 5.78 Å². The highest BCUT2D eigenvalue weighted by Gasteiger charge is 2.12. The molecule has 0 aliphatic rings. The summed E-state index contributed by atoms with van der Waals surface area (Å²) in [6.45, 7) is 2.30. The van der Waals surface area contributed by atoms with Crippen molar-refractivity contribution in [3.05, 3.63) is 32.2 Å². The van der Waals surface area contributed by atoms with Crippen molar-refractivity contribution in [2.45, 2.75) is 19.9 Å². The summed E-state index contributed by atoms with van der Waals surface area (Å²) in [5.41, 5.74) is 7.24. The van der Waals surface area contributed by atoms with E-state index in [1.54, 1.807) is 0 Å². The van der Waals surface area contributed by atoms with Crippen LogP contribution in [0, 0.1) is 0 Å². The highest BCUT2D eigenvalue weighted by Crippen LogP contribution is 2.30. The Labute approximate surface area is 100 Å². The smallest absolute Gasteiger partial charge is 0.163 e. The van der Waals surface area contributed by atoms with Crippen LogP contribution < -0.4 is 5.73 Å². The number of hydrogen-bond acceptors (Lipinski definition) is 2. The normalized spacial score (nSPS) is 10.3. The molecule has 0 aliphatic carbocycles. The zero-order valence-corrected chi connectivity index (χ0v) is 11.0. The molecular formula is C10H11Br2NO. The monoisotopic (exact) mass is 319 g/mol. The van der Waals surface area contributed by atoms with Gasteiger partial charge < -0.3 is 5.73 Å². The molecule has 0 radical (unpaired) electrons. The van der Waals surface area contributed by atoms with Crippen LogP contribution >= 0.6 is 31.9 Å². The lowest BCUT2D eigenvalue weighted by Gasteiger charge is -2.08. The Hall–Kier alpha value is -0.190. The van der Waals surface area contributed by atoms with Gasteiger partial charge in [0.05, 0.1) is 0 Å². The largest absolute Gasteiger partial charge is 0.326 e. The highest BCUT2D eigenvalue weighted by molar-refractivity contribution is 9.13. The fraction of sp³-hybridized carbons (Fsp3) is 0.300. The maximum Gasteiger partial charge on any atom is 0.163 e. The van der Waals surface area contributed by atoms with Crippen LogP contribution in [0.1, 0.15) is 29.3 Å². The molecule has 0 aliphatic heterocycles. The van der Waals surface area contributed by atoms with Crippen LogP contribution in [0.15, 0.2) is 21.1 Å². The average molecular weight is 321 g/mol. The second-order valence-electron chi connectivity index (χ2n) is 2.88. The van der Waals surface area contributed by atoms with Crippen molar-refractivity contribution in [3.8, 4) is 0 Å². The second-order valence-corrected chi connectivity index (χ2v) is 4.47. The Morgan fingerprint density at radius 2 is 2.00 bits per heavy atom. The third-order valence-electron chi connectivity index (χ3n) is 2.00. The minimum Gasteiger partial charge on any atom is -0.326 e. The first kappa shape index (κ1) is 11.9. The molecule has 0 atom stereocenters. The molecule has 0 heterocycles. The van der Waals surface area contributed by atoms with Gasteiger partial charge in [-0.25, -0.2) is 0 Å². The van der Waals surface area contributed by atoms with Gasteiger partial charge in [-0.3, -0.25) is 4.79 Å². The zero-order valence-electron chi connectivity index (χ0n) is 7.81. The van der Waals surface area contributed by atoms with Crippen molar-refractivity contribution < 1.29 is 4.79 Å². The van der Waals surface area contributed by atoms with Crippen molar-refractivity contribution in [2.24, 2.45) is 5.73 Å². The van der Waals surface area contributed by atoms with Crippen LogP contribution in [0.25, 0.3) is 0 Å². The summed E-state index contributed by atoms with van der Waals surface area (Å²) >= 11 is 6.80. The van der Waals surface area contributed by atoms with E-state index in [2.05, 4.69) is 31.9 Å². The van der Waals surface area contributed by atoms with Crippen molar-refractivity contribution in [2.75, 3.05) is 0 Å². The number of hydrogen-bond donors (Lipinski definition) is 1. The summed E-state index contributed by atoms with van der Waals surface area (Å²) in [7, 11) is 0. The number of carbonyl (C=O) groups excluding carboxylic acids is 1. The van der Waals surface area contributed by atoms with Crippen molar-refractivity contribution in [3.63, 3.8) is 0 Å². The maximum absolute atomic E-state index is 11.5. The zero-order chi connectivity index (χ0) is 10.7. The number of carbonyl (C=O) groups is 1. The van der Waals surface area contributed by atoms with Crippen LogP contribution in [0.2, 0.25) is 0 Å². The summed E-state index contributed by atoms with van der Waals surface area (Å²) in [6, 6.07) is 3.68. The summed E-state index contributed by atoms with van der Waals surface area (Å²) in [6.07, 6.45) is 0.507. The molecule has 2 nitrogen and oxygen atoms in total. The van der Waals surface area contributed by atoms with Crippen LogP contribution in [0.5, 0.6) is 0 Å². The molecule has 0 bridgehead atoms. The molecule has 2 N–H and O–H groups in total. The summed E-state index contributed by atoms with van der Waals surface area (Å²) in [5.74, 6) is 0.126. The Morgan fingerprint density at radius 1 is 1.36 bits per heavy atom. The van der Waals surface area contributed by atoms with Gasteiger partial charge >= 0.3 is 0 Å². The van der Waals surface area contributed by atoms with E-state index in [1.165, 1.54) is 0 Å². The van der Waals surface area contributed by atoms with Crippen LogP contribution in [0.4, 0.5) is 0 Å². The number of ketones is 1. The fourth-order valence-corrected chi connectivity index (χ4v) is 2.27. The molecule has 0 aromatic heterocycles. The molecule has 1 rings (SSSR count). The van der Waals surface area contributed by atoms with Gasteiger partial charge in [0.2, 0.25) is 0 Å². The molecule has 76 valence electrons. The van der Waals surface area contributed by atoms with Gasteiger partial charge in [-0.2, -0.15) is 0 Å². The Bertz CT molecular complexity index is 363. The average Bonchev–Trinajstić information content (AvgIpc) is 2.21. The second kappa shape index (κ2) is 5.05. The predicted molar refractivity (Wildman–Crippen MR) is 64.4 cm³/mol. The van der Waals surface area contributed by atoms with Gasteiger partial charge in [0.1, 0.15) is 0 Å². The van der Waals surface area contributed by atoms with E-state index < -0.39 is 0 Å². The van der Waals surface area contributed by atoms with E-state index in [0.29, 0.717) is 18.5 Å². The lowest BCUT2D eigenvalue weighted by atomic mass is 10.1. The van der Waals surface area contributed by atoms with Gasteiger partial charge in [0, 0.05) is 27.5 Å². The maximum atomic E-state index is 11.5. The molecule has 1 aromatic rings. The first-order valence-corrected chi connectivity index (χ1v) is 5.90. The van der Waals surface area contributed by atoms with E-state index in [4.69, 9.17) is 5.73 Å². The van der Waals surface area contributed by atoms with Crippen LogP contribution in [-0.4, -0.2) is 5.78 Å². The van der Waals surface area contributed by atoms with E-state index in [1.807, 2.05) is 19.1 Å². The summed E-state index contributed by atoms with van der Waals surface area (Å²) in [5, 5.41) is 0. The van der Waals surface area contributed by atoms with Gasteiger partial charge in [-0.05, 0) is 43.5 Å². The third kappa shape index (κ3) is 2.24.